The number of rotatable bonds is 5. The molecule has 1 aliphatic heterocycles. The fraction of sp³-hybridized carbons (Fsp3) is 0.682. The summed E-state index contributed by atoms with van der Waals surface area (Å²) in [5.41, 5.74) is 2.30. The summed E-state index contributed by atoms with van der Waals surface area (Å²) in [4.78, 5) is 15.6. The van der Waals surface area contributed by atoms with Gasteiger partial charge in [0.1, 0.15) is 0 Å². The molecule has 27 heavy (non-hydrogen) atoms. The fourth-order valence-electron chi connectivity index (χ4n) is 6.02. The van der Waals surface area contributed by atoms with Gasteiger partial charge in [-0.1, -0.05) is 29.8 Å². The molecule has 2 unspecified atom stereocenters. The highest BCUT2D eigenvalue weighted by atomic mass is 79.9. The van der Waals surface area contributed by atoms with Crippen molar-refractivity contribution in [2.24, 2.45) is 11.8 Å². The molecule has 0 spiro atoms. The maximum absolute atomic E-state index is 12.9. The molecule has 146 valence electrons. The molecular formula is C22H28BrNO3. The second-order valence-corrected chi connectivity index (χ2v) is 9.79. The van der Waals surface area contributed by atoms with E-state index in [1.165, 1.54) is 30.5 Å². The van der Waals surface area contributed by atoms with Gasteiger partial charge >= 0.3 is 0 Å². The first-order chi connectivity index (χ1) is 13.0. The number of carbonyl (C=O) groups excluding carboxylic acids is 1. The first kappa shape index (κ1) is 18.0. The molecule has 0 saturated heterocycles. The van der Waals surface area contributed by atoms with Crippen molar-refractivity contribution in [3.8, 4) is 11.5 Å². The second kappa shape index (κ2) is 6.21. The van der Waals surface area contributed by atoms with Gasteiger partial charge in [0, 0.05) is 34.5 Å². The Bertz CT molecular complexity index is 805. The van der Waals surface area contributed by atoms with Crippen molar-refractivity contribution in [1.29, 1.82) is 0 Å². The molecule has 5 rings (SSSR count). The Morgan fingerprint density at radius 3 is 2.81 bits per heavy atom. The molecular weight excluding hydrogens is 406 g/mol. The number of ether oxygens (including phenoxy) is 2. The zero-order chi connectivity index (χ0) is 18.9. The van der Waals surface area contributed by atoms with Crippen LogP contribution in [0.3, 0.4) is 0 Å². The highest BCUT2D eigenvalue weighted by Gasteiger charge is 2.62. The average Bonchev–Trinajstić information content (AvgIpc) is 3.41. The standard InChI is InChI=1S/C22H28BrNO3/c1-4-24(11-12-5-6-12)16-9-13-15(23)10-18(26-3)20-19(13)22(2)14(16)7-8-17(25)21(22)27-20/h10,12,14,16,21H,4-9,11H2,1-3H3/t14?,16?,21-,22-/m1/s1. The topological polar surface area (TPSA) is 38.8 Å². The molecule has 0 amide bonds. The van der Waals surface area contributed by atoms with Gasteiger partial charge in [0.25, 0.3) is 0 Å². The molecule has 0 bridgehead atoms. The Morgan fingerprint density at radius 2 is 2.15 bits per heavy atom. The van der Waals surface area contributed by atoms with Crippen molar-refractivity contribution in [2.45, 2.75) is 63.5 Å². The number of Topliss-reactive ketones (excluding diaryl/α,β-unsaturated/α-hetero) is 1. The molecule has 2 fully saturated rings. The van der Waals surface area contributed by atoms with E-state index >= 15 is 0 Å². The van der Waals surface area contributed by atoms with Crippen molar-refractivity contribution in [3.05, 3.63) is 21.7 Å². The Hall–Kier alpha value is -1.07. The molecule has 3 aliphatic carbocycles. The second-order valence-electron chi connectivity index (χ2n) is 8.94. The summed E-state index contributed by atoms with van der Waals surface area (Å²) in [6.07, 6.45) is 5.01. The average molecular weight is 434 g/mol. The highest BCUT2D eigenvalue weighted by molar-refractivity contribution is 9.10. The maximum atomic E-state index is 12.9. The van der Waals surface area contributed by atoms with Crippen LogP contribution in [-0.4, -0.2) is 43.0 Å². The van der Waals surface area contributed by atoms with Gasteiger partial charge in [0.2, 0.25) is 0 Å². The van der Waals surface area contributed by atoms with Crippen molar-refractivity contribution < 1.29 is 14.3 Å². The van der Waals surface area contributed by atoms with E-state index in [4.69, 9.17) is 9.47 Å². The number of hydrogen-bond acceptors (Lipinski definition) is 4. The van der Waals surface area contributed by atoms with Crippen LogP contribution < -0.4 is 9.47 Å². The van der Waals surface area contributed by atoms with Crippen molar-refractivity contribution in [1.82, 2.24) is 4.90 Å². The third kappa shape index (κ3) is 2.46. The third-order valence-corrected chi connectivity index (χ3v) is 8.25. The minimum absolute atomic E-state index is 0.250. The lowest BCUT2D eigenvalue weighted by Gasteiger charge is -2.52. The van der Waals surface area contributed by atoms with E-state index in [9.17, 15) is 4.79 Å². The predicted octanol–water partition coefficient (Wildman–Crippen LogP) is 4.11. The molecule has 1 aromatic rings. The predicted molar refractivity (Wildman–Crippen MR) is 108 cm³/mol. The minimum Gasteiger partial charge on any atom is -0.493 e. The van der Waals surface area contributed by atoms with E-state index in [-0.39, 0.29) is 17.3 Å². The van der Waals surface area contributed by atoms with Crippen molar-refractivity contribution in [2.75, 3.05) is 20.2 Å². The van der Waals surface area contributed by atoms with Crippen molar-refractivity contribution in [3.63, 3.8) is 0 Å². The molecule has 0 aromatic heterocycles. The Kier molecular flexibility index (Phi) is 4.14. The number of ketones is 1. The summed E-state index contributed by atoms with van der Waals surface area (Å²) >= 11 is 3.80. The van der Waals surface area contributed by atoms with E-state index in [1.807, 2.05) is 6.07 Å². The number of benzene rings is 1. The van der Waals surface area contributed by atoms with Crippen LogP contribution in [0.5, 0.6) is 11.5 Å². The van der Waals surface area contributed by atoms with Gasteiger partial charge in [-0.05, 0) is 55.7 Å². The summed E-state index contributed by atoms with van der Waals surface area (Å²) < 4.78 is 13.0. The van der Waals surface area contributed by atoms with Crippen LogP contribution in [0, 0.1) is 11.8 Å². The molecule has 0 N–H and O–H groups in total. The Balaban J connectivity index is 1.66. The lowest BCUT2D eigenvalue weighted by atomic mass is 9.55. The molecule has 1 aromatic carbocycles. The van der Waals surface area contributed by atoms with Gasteiger partial charge in [-0.3, -0.25) is 9.69 Å². The van der Waals surface area contributed by atoms with E-state index < -0.39 is 0 Å². The number of halogens is 1. The summed E-state index contributed by atoms with van der Waals surface area (Å²) in [6, 6.07) is 2.50. The van der Waals surface area contributed by atoms with Gasteiger partial charge in [-0.25, -0.2) is 0 Å². The largest absolute Gasteiger partial charge is 0.493 e. The monoisotopic (exact) mass is 433 g/mol. The quantitative estimate of drug-likeness (QED) is 0.699. The minimum atomic E-state index is -0.365. The van der Waals surface area contributed by atoms with E-state index in [2.05, 4.69) is 34.7 Å². The zero-order valence-corrected chi connectivity index (χ0v) is 18.0. The van der Waals surface area contributed by atoms with Gasteiger partial charge in [0.05, 0.1) is 7.11 Å². The molecule has 1 heterocycles. The fourth-order valence-corrected chi connectivity index (χ4v) is 6.59. The first-order valence-electron chi connectivity index (χ1n) is 10.3. The van der Waals surface area contributed by atoms with Gasteiger partial charge < -0.3 is 9.47 Å². The number of hydrogen-bond donors (Lipinski definition) is 0. The van der Waals surface area contributed by atoms with Crippen LogP contribution in [0.15, 0.2) is 10.5 Å². The molecule has 0 radical (unpaired) electrons. The van der Waals surface area contributed by atoms with E-state index in [0.717, 1.165) is 41.3 Å². The Labute approximate surface area is 169 Å². The first-order valence-corrected chi connectivity index (χ1v) is 11.1. The molecule has 4 nitrogen and oxygen atoms in total. The van der Waals surface area contributed by atoms with E-state index in [1.54, 1.807) is 7.11 Å². The number of carbonyl (C=O) groups is 1. The molecule has 2 saturated carbocycles. The normalized spacial score (nSPS) is 33.8. The SMILES string of the molecule is CCN(CC1CC1)C1Cc2c(Br)cc(OC)c3c2[C@@]2(C)C1CCC(=O)[C@H]2O3. The van der Waals surface area contributed by atoms with Gasteiger partial charge in [-0.2, -0.15) is 0 Å². The van der Waals surface area contributed by atoms with Crippen LogP contribution in [0.4, 0.5) is 0 Å². The lowest BCUT2D eigenvalue weighted by Crippen LogP contribution is -2.60. The maximum Gasteiger partial charge on any atom is 0.174 e. The summed E-state index contributed by atoms with van der Waals surface area (Å²) in [5, 5.41) is 0. The van der Waals surface area contributed by atoms with Crippen molar-refractivity contribution >= 4 is 21.7 Å². The van der Waals surface area contributed by atoms with E-state index in [0.29, 0.717) is 18.4 Å². The summed E-state index contributed by atoms with van der Waals surface area (Å²) in [7, 11) is 1.68. The smallest absolute Gasteiger partial charge is 0.174 e. The zero-order valence-electron chi connectivity index (χ0n) is 16.4. The van der Waals surface area contributed by atoms with Gasteiger partial charge in [0.15, 0.2) is 23.4 Å². The molecule has 4 aliphatic rings. The molecule has 5 heteroatoms. The van der Waals surface area contributed by atoms with Crippen LogP contribution >= 0.6 is 15.9 Å². The number of likely N-dealkylation sites (N-methyl/N-ethyl adjacent to an activating group) is 1. The van der Waals surface area contributed by atoms with Crippen LogP contribution in [0.25, 0.3) is 0 Å². The van der Waals surface area contributed by atoms with Crippen LogP contribution in [0.1, 0.15) is 50.7 Å². The highest BCUT2D eigenvalue weighted by Crippen LogP contribution is 2.61. The lowest BCUT2D eigenvalue weighted by molar-refractivity contribution is -0.134. The van der Waals surface area contributed by atoms with Crippen LogP contribution in [-0.2, 0) is 16.6 Å². The Morgan fingerprint density at radius 1 is 1.37 bits per heavy atom. The number of methoxy groups -OCH3 is 1. The summed E-state index contributed by atoms with van der Waals surface area (Å²) in [5.74, 6) is 3.13. The third-order valence-electron chi connectivity index (χ3n) is 7.54. The van der Waals surface area contributed by atoms with Crippen LogP contribution in [0.2, 0.25) is 0 Å². The molecule has 4 atom stereocenters. The number of nitrogens with zero attached hydrogens (tertiary/aromatic N) is 1. The van der Waals surface area contributed by atoms with Gasteiger partial charge in [-0.15, -0.1) is 0 Å². The summed E-state index contributed by atoms with van der Waals surface area (Å²) in [6.45, 7) is 6.83.